The number of rotatable bonds is 1. The number of ether oxygens (including phenoxy) is 1. The van der Waals surface area contributed by atoms with Crippen LogP contribution < -0.4 is 4.74 Å². The molecular formula is C15H12BrFO3. The minimum absolute atomic E-state index is 0.155. The first-order valence-electron chi connectivity index (χ1n) is 6.16. The van der Waals surface area contributed by atoms with E-state index in [0.717, 1.165) is 10.5 Å². The zero-order valence-electron chi connectivity index (χ0n) is 10.4. The van der Waals surface area contributed by atoms with Gasteiger partial charge in [-0.2, -0.15) is 0 Å². The molecule has 2 N–H and O–H groups in total. The number of phenolic OH excluding ortho intramolecular Hbond substituents is 1. The van der Waals surface area contributed by atoms with Crippen molar-refractivity contribution in [1.29, 1.82) is 0 Å². The predicted molar refractivity (Wildman–Crippen MR) is 75.2 cm³/mol. The Bertz CT molecular complexity index is 639. The summed E-state index contributed by atoms with van der Waals surface area (Å²) < 4.78 is 20.0. The number of benzene rings is 2. The summed E-state index contributed by atoms with van der Waals surface area (Å²) in [6.07, 6.45) is -0.854. The fourth-order valence-electron chi connectivity index (χ4n) is 2.40. The van der Waals surface area contributed by atoms with Gasteiger partial charge in [-0.3, -0.25) is 0 Å². The van der Waals surface area contributed by atoms with Crippen molar-refractivity contribution in [3.05, 3.63) is 57.8 Å². The van der Waals surface area contributed by atoms with Crippen LogP contribution in [0.3, 0.4) is 0 Å². The van der Waals surface area contributed by atoms with Gasteiger partial charge < -0.3 is 14.9 Å². The molecule has 5 heteroatoms. The van der Waals surface area contributed by atoms with Crippen LogP contribution in [0.1, 0.15) is 29.8 Å². The average Bonchev–Trinajstić information content (AvgIpc) is 2.36. The van der Waals surface area contributed by atoms with E-state index in [1.807, 2.05) is 6.07 Å². The van der Waals surface area contributed by atoms with Gasteiger partial charge in [0, 0.05) is 22.5 Å². The van der Waals surface area contributed by atoms with Gasteiger partial charge in [-0.1, -0.05) is 22.0 Å². The molecule has 0 radical (unpaired) electrons. The molecule has 20 heavy (non-hydrogen) atoms. The Balaban J connectivity index is 1.98. The van der Waals surface area contributed by atoms with Gasteiger partial charge in [-0.05, 0) is 29.8 Å². The van der Waals surface area contributed by atoms with Crippen molar-refractivity contribution >= 4 is 15.9 Å². The first-order chi connectivity index (χ1) is 9.52. The topological polar surface area (TPSA) is 49.7 Å². The molecule has 0 aliphatic carbocycles. The number of aromatic hydroxyl groups is 1. The van der Waals surface area contributed by atoms with Crippen LogP contribution in [0.5, 0.6) is 11.5 Å². The second kappa shape index (κ2) is 5.07. The minimum atomic E-state index is -0.678. The number of halogens is 2. The van der Waals surface area contributed by atoms with Crippen molar-refractivity contribution in [2.75, 3.05) is 0 Å². The first-order valence-corrected chi connectivity index (χ1v) is 6.96. The third-order valence-corrected chi connectivity index (χ3v) is 3.81. The van der Waals surface area contributed by atoms with E-state index in [2.05, 4.69) is 15.9 Å². The number of phenols is 1. The van der Waals surface area contributed by atoms with Crippen molar-refractivity contribution < 1.29 is 19.3 Å². The van der Waals surface area contributed by atoms with Gasteiger partial charge >= 0.3 is 0 Å². The van der Waals surface area contributed by atoms with Gasteiger partial charge in [0.15, 0.2) is 0 Å². The van der Waals surface area contributed by atoms with E-state index in [1.54, 1.807) is 12.1 Å². The lowest BCUT2D eigenvalue weighted by Gasteiger charge is -2.30. The van der Waals surface area contributed by atoms with Gasteiger partial charge in [0.2, 0.25) is 0 Å². The van der Waals surface area contributed by atoms with Gasteiger partial charge in [0.25, 0.3) is 0 Å². The van der Waals surface area contributed by atoms with E-state index in [1.165, 1.54) is 12.1 Å². The normalized spacial score (nSPS) is 21.1. The summed E-state index contributed by atoms with van der Waals surface area (Å²) in [4.78, 5) is 0. The van der Waals surface area contributed by atoms with Crippen LogP contribution in [0, 0.1) is 5.82 Å². The highest BCUT2D eigenvalue weighted by Crippen LogP contribution is 2.42. The molecule has 0 saturated carbocycles. The Hall–Kier alpha value is -1.59. The molecule has 3 rings (SSSR count). The van der Waals surface area contributed by atoms with Crippen molar-refractivity contribution in [3.8, 4) is 11.5 Å². The monoisotopic (exact) mass is 338 g/mol. The highest BCUT2D eigenvalue weighted by molar-refractivity contribution is 9.10. The molecule has 2 aromatic rings. The SMILES string of the molecule is Oc1cc(F)cc(C2C[C@H](O)c3ccc(Br)cc3O2)c1. The maximum atomic E-state index is 13.4. The van der Waals surface area contributed by atoms with Crippen LogP contribution in [0.4, 0.5) is 4.39 Å². The van der Waals surface area contributed by atoms with Crippen molar-refractivity contribution in [1.82, 2.24) is 0 Å². The van der Waals surface area contributed by atoms with Crippen LogP contribution in [-0.4, -0.2) is 10.2 Å². The summed E-state index contributed by atoms with van der Waals surface area (Å²) in [6, 6.07) is 9.18. The van der Waals surface area contributed by atoms with E-state index in [9.17, 15) is 14.6 Å². The summed E-state index contributed by atoms with van der Waals surface area (Å²) in [6.45, 7) is 0. The van der Waals surface area contributed by atoms with E-state index < -0.39 is 18.0 Å². The highest BCUT2D eigenvalue weighted by Gasteiger charge is 2.28. The fourth-order valence-corrected chi connectivity index (χ4v) is 2.74. The maximum absolute atomic E-state index is 13.4. The van der Waals surface area contributed by atoms with Crippen LogP contribution in [-0.2, 0) is 0 Å². The molecule has 1 aliphatic rings. The predicted octanol–water partition coefficient (Wildman–Crippen LogP) is 3.85. The third kappa shape index (κ3) is 2.51. The zero-order chi connectivity index (χ0) is 14.3. The number of aliphatic hydroxyl groups is 1. The molecular weight excluding hydrogens is 327 g/mol. The lowest BCUT2D eigenvalue weighted by molar-refractivity contribution is 0.0654. The number of fused-ring (bicyclic) bond motifs is 1. The summed E-state index contributed by atoms with van der Waals surface area (Å²) in [5, 5.41) is 19.6. The maximum Gasteiger partial charge on any atom is 0.127 e. The van der Waals surface area contributed by atoms with E-state index in [-0.39, 0.29) is 5.75 Å². The second-order valence-corrected chi connectivity index (χ2v) is 5.70. The number of aliphatic hydroxyl groups excluding tert-OH is 1. The molecule has 0 bridgehead atoms. The molecule has 104 valence electrons. The lowest BCUT2D eigenvalue weighted by Crippen LogP contribution is -2.19. The molecule has 0 saturated heterocycles. The van der Waals surface area contributed by atoms with Crippen molar-refractivity contribution in [2.45, 2.75) is 18.6 Å². The summed E-state index contributed by atoms with van der Waals surface area (Å²) >= 11 is 3.35. The largest absolute Gasteiger partial charge is 0.508 e. The number of hydrogen-bond acceptors (Lipinski definition) is 3. The van der Waals surface area contributed by atoms with Crippen LogP contribution in [0.25, 0.3) is 0 Å². The van der Waals surface area contributed by atoms with Gasteiger partial charge in [-0.15, -0.1) is 0 Å². The fraction of sp³-hybridized carbons (Fsp3) is 0.200. The third-order valence-electron chi connectivity index (χ3n) is 3.32. The molecule has 1 aliphatic heterocycles. The van der Waals surface area contributed by atoms with Gasteiger partial charge in [0.1, 0.15) is 23.4 Å². The Morgan fingerprint density at radius 1 is 1.20 bits per heavy atom. The number of hydrogen-bond donors (Lipinski definition) is 2. The molecule has 3 nitrogen and oxygen atoms in total. The summed E-state index contributed by atoms with van der Waals surface area (Å²) in [5.74, 6) is -0.122. The zero-order valence-corrected chi connectivity index (χ0v) is 12.0. The van der Waals surface area contributed by atoms with Crippen molar-refractivity contribution in [2.24, 2.45) is 0 Å². The Morgan fingerprint density at radius 2 is 2.00 bits per heavy atom. The minimum Gasteiger partial charge on any atom is -0.508 e. The first kappa shape index (κ1) is 13.4. The quantitative estimate of drug-likeness (QED) is 0.830. The second-order valence-electron chi connectivity index (χ2n) is 4.78. The van der Waals surface area contributed by atoms with E-state index in [4.69, 9.17) is 4.74 Å². The molecule has 0 spiro atoms. The van der Waals surface area contributed by atoms with Gasteiger partial charge in [-0.25, -0.2) is 4.39 Å². The Morgan fingerprint density at radius 3 is 2.75 bits per heavy atom. The Kier molecular flexibility index (Phi) is 3.40. The van der Waals surface area contributed by atoms with Crippen molar-refractivity contribution in [3.63, 3.8) is 0 Å². The highest BCUT2D eigenvalue weighted by atomic mass is 79.9. The smallest absolute Gasteiger partial charge is 0.127 e. The van der Waals surface area contributed by atoms with Crippen LogP contribution >= 0.6 is 15.9 Å². The molecule has 2 atom stereocenters. The van der Waals surface area contributed by atoms with Crippen LogP contribution in [0.2, 0.25) is 0 Å². The summed E-state index contributed by atoms with van der Waals surface area (Å²) in [7, 11) is 0. The molecule has 0 amide bonds. The molecule has 0 fully saturated rings. The molecule has 2 aromatic carbocycles. The Labute approximate surface area is 123 Å². The van der Waals surface area contributed by atoms with E-state index >= 15 is 0 Å². The van der Waals surface area contributed by atoms with E-state index in [0.29, 0.717) is 23.3 Å². The summed E-state index contributed by atoms with van der Waals surface area (Å²) in [5.41, 5.74) is 1.22. The average molecular weight is 339 g/mol. The standard InChI is InChI=1S/C15H12BrFO3/c16-9-1-2-12-13(19)7-14(20-15(12)5-9)8-3-10(17)6-11(18)4-8/h1-6,13-14,18-19H,7H2/t13-,14?/m0/s1. The lowest BCUT2D eigenvalue weighted by atomic mass is 9.95. The van der Waals surface area contributed by atoms with Gasteiger partial charge in [0.05, 0.1) is 6.10 Å². The molecule has 1 heterocycles. The van der Waals surface area contributed by atoms with Crippen LogP contribution in [0.15, 0.2) is 40.9 Å². The molecule has 0 aromatic heterocycles. The molecule has 1 unspecified atom stereocenters.